The highest BCUT2D eigenvalue weighted by atomic mass is 16.5. The fraction of sp³-hybridized carbons (Fsp3) is 0.429. The maximum Gasteiger partial charge on any atom is 0.355 e. The molecule has 0 unspecified atom stereocenters. The zero-order valence-corrected chi connectivity index (χ0v) is 15.9. The summed E-state index contributed by atoms with van der Waals surface area (Å²) in [5, 5.41) is 3.07. The Morgan fingerprint density at radius 1 is 1.22 bits per heavy atom. The fourth-order valence-corrected chi connectivity index (χ4v) is 3.27. The first-order valence-electron chi connectivity index (χ1n) is 9.47. The summed E-state index contributed by atoms with van der Waals surface area (Å²) in [6.07, 6.45) is 3.44. The van der Waals surface area contributed by atoms with E-state index in [1.54, 1.807) is 12.3 Å². The number of aromatic nitrogens is 1. The lowest BCUT2D eigenvalue weighted by Crippen LogP contribution is -2.46. The summed E-state index contributed by atoms with van der Waals surface area (Å²) in [5.41, 5.74) is 1.65. The molecule has 0 aliphatic carbocycles. The number of H-pyrrole nitrogens is 1. The van der Waals surface area contributed by atoms with Crippen LogP contribution >= 0.6 is 0 Å². The highest BCUT2D eigenvalue weighted by molar-refractivity contribution is 5.97. The van der Waals surface area contributed by atoms with Gasteiger partial charge < -0.3 is 19.9 Å². The second-order valence-corrected chi connectivity index (χ2v) is 7.24. The summed E-state index contributed by atoms with van der Waals surface area (Å²) in [6, 6.07) is 11.8. The molecule has 2 N–H and O–H groups in total. The molecule has 1 aromatic carbocycles. The van der Waals surface area contributed by atoms with E-state index in [4.69, 9.17) is 4.74 Å². The van der Waals surface area contributed by atoms with Crippen LogP contribution in [0.4, 0.5) is 0 Å². The molecule has 6 heteroatoms. The normalized spacial score (nSPS) is 15.7. The third kappa shape index (κ3) is 5.20. The van der Waals surface area contributed by atoms with Gasteiger partial charge in [-0.05, 0) is 38.3 Å². The SMILES string of the molecule is CC(C)N1CCC(NC(=O)c2c[nH]c(C(=O)OCc3ccccc3)c2)CC1. The summed E-state index contributed by atoms with van der Waals surface area (Å²) >= 11 is 0. The number of likely N-dealkylation sites (tertiary alicyclic amines) is 1. The van der Waals surface area contributed by atoms with Crippen molar-refractivity contribution in [2.75, 3.05) is 13.1 Å². The molecule has 0 saturated carbocycles. The molecular weight excluding hydrogens is 342 g/mol. The molecule has 1 amide bonds. The fourth-order valence-electron chi connectivity index (χ4n) is 3.27. The van der Waals surface area contributed by atoms with Crippen LogP contribution in [0.2, 0.25) is 0 Å². The Labute approximate surface area is 159 Å². The van der Waals surface area contributed by atoms with E-state index >= 15 is 0 Å². The Balaban J connectivity index is 1.49. The number of hydrogen-bond donors (Lipinski definition) is 2. The number of nitrogens with zero attached hydrogens (tertiary/aromatic N) is 1. The van der Waals surface area contributed by atoms with Crippen molar-refractivity contribution < 1.29 is 14.3 Å². The first kappa shape index (κ1) is 19.2. The van der Waals surface area contributed by atoms with E-state index in [-0.39, 0.29) is 24.2 Å². The second-order valence-electron chi connectivity index (χ2n) is 7.24. The molecule has 0 atom stereocenters. The van der Waals surface area contributed by atoms with Crippen LogP contribution in [0.25, 0.3) is 0 Å². The summed E-state index contributed by atoms with van der Waals surface area (Å²) in [7, 11) is 0. The van der Waals surface area contributed by atoms with E-state index in [9.17, 15) is 9.59 Å². The third-order valence-electron chi connectivity index (χ3n) is 4.97. The molecule has 3 rings (SSSR count). The predicted octanol–water partition coefficient (Wildman–Crippen LogP) is 2.97. The van der Waals surface area contributed by atoms with Gasteiger partial charge in [-0.2, -0.15) is 0 Å². The first-order chi connectivity index (χ1) is 13.0. The molecule has 0 bridgehead atoms. The Kier molecular flexibility index (Phi) is 6.29. The van der Waals surface area contributed by atoms with E-state index in [2.05, 4.69) is 29.0 Å². The van der Waals surface area contributed by atoms with Crippen molar-refractivity contribution in [3.05, 3.63) is 59.4 Å². The van der Waals surface area contributed by atoms with Gasteiger partial charge in [0.25, 0.3) is 5.91 Å². The van der Waals surface area contributed by atoms with E-state index < -0.39 is 5.97 Å². The lowest BCUT2D eigenvalue weighted by atomic mass is 10.0. The van der Waals surface area contributed by atoms with Crippen molar-refractivity contribution in [3.63, 3.8) is 0 Å². The standard InChI is InChI=1S/C21H27N3O3/c1-15(2)24-10-8-18(9-11-24)23-20(25)17-12-19(22-13-17)21(26)27-14-16-6-4-3-5-7-16/h3-7,12-13,15,18,22H,8-11,14H2,1-2H3,(H,23,25). The van der Waals surface area contributed by atoms with Gasteiger partial charge in [0.1, 0.15) is 12.3 Å². The van der Waals surface area contributed by atoms with Crippen LogP contribution in [0.3, 0.4) is 0 Å². The van der Waals surface area contributed by atoms with Crippen LogP contribution < -0.4 is 5.32 Å². The predicted molar refractivity (Wildman–Crippen MR) is 104 cm³/mol. The average molecular weight is 369 g/mol. The van der Waals surface area contributed by atoms with Gasteiger partial charge in [-0.25, -0.2) is 4.79 Å². The molecular formula is C21H27N3O3. The van der Waals surface area contributed by atoms with Crippen molar-refractivity contribution >= 4 is 11.9 Å². The number of esters is 1. The average Bonchev–Trinajstić information content (AvgIpc) is 3.18. The van der Waals surface area contributed by atoms with Gasteiger partial charge in [-0.3, -0.25) is 4.79 Å². The van der Waals surface area contributed by atoms with Gasteiger partial charge in [0.15, 0.2) is 0 Å². The number of ether oxygens (including phenoxy) is 1. The van der Waals surface area contributed by atoms with Crippen LogP contribution in [-0.2, 0) is 11.3 Å². The first-order valence-corrected chi connectivity index (χ1v) is 9.47. The van der Waals surface area contributed by atoms with Gasteiger partial charge in [0.2, 0.25) is 0 Å². The molecule has 1 aromatic heterocycles. The summed E-state index contributed by atoms with van der Waals surface area (Å²) in [5.74, 6) is -0.625. The number of amides is 1. The van der Waals surface area contributed by atoms with E-state index in [1.165, 1.54) is 0 Å². The minimum Gasteiger partial charge on any atom is -0.456 e. The van der Waals surface area contributed by atoms with Crippen molar-refractivity contribution in [3.8, 4) is 0 Å². The molecule has 1 saturated heterocycles. The Hall–Kier alpha value is -2.60. The molecule has 1 fully saturated rings. The number of benzene rings is 1. The minimum atomic E-state index is -0.469. The molecule has 2 heterocycles. The Bertz CT molecular complexity index is 762. The summed E-state index contributed by atoms with van der Waals surface area (Å²) in [6.45, 7) is 6.57. The quantitative estimate of drug-likeness (QED) is 0.768. The Morgan fingerprint density at radius 3 is 2.59 bits per heavy atom. The van der Waals surface area contributed by atoms with E-state index in [0.717, 1.165) is 31.5 Å². The largest absolute Gasteiger partial charge is 0.456 e. The lowest BCUT2D eigenvalue weighted by Gasteiger charge is -2.34. The van der Waals surface area contributed by atoms with Crippen molar-refractivity contribution in [1.29, 1.82) is 0 Å². The Morgan fingerprint density at radius 2 is 1.93 bits per heavy atom. The number of rotatable bonds is 6. The number of carbonyl (C=O) groups excluding carboxylic acids is 2. The monoisotopic (exact) mass is 369 g/mol. The number of hydrogen-bond acceptors (Lipinski definition) is 4. The van der Waals surface area contributed by atoms with Crippen LogP contribution in [-0.4, -0.2) is 46.9 Å². The zero-order chi connectivity index (χ0) is 19.2. The van der Waals surface area contributed by atoms with Crippen LogP contribution in [0.15, 0.2) is 42.6 Å². The highest BCUT2D eigenvalue weighted by Crippen LogP contribution is 2.14. The summed E-state index contributed by atoms with van der Waals surface area (Å²) < 4.78 is 5.28. The minimum absolute atomic E-state index is 0.156. The van der Waals surface area contributed by atoms with Crippen molar-refractivity contribution in [2.45, 2.75) is 45.4 Å². The van der Waals surface area contributed by atoms with E-state index in [0.29, 0.717) is 11.6 Å². The molecule has 6 nitrogen and oxygen atoms in total. The van der Waals surface area contributed by atoms with Gasteiger partial charge in [-0.15, -0.1) is 0 Å². The number of aromatic amines is 1. The topological polar surface area (TPSA) is 74.4 Å². The van der Waals surface area contributed by atoms with Gasteiger partial charge in [0, 0.05) is 31.4 Å². The molecule has 144 valence electrons. The smallest absolute Gasteiger partial charge is 0.355 e. The van der Waals surface area contributed by atoms with Crippen LogP contribution in [0.5, 0.6) is 0 Å². The zero-order valence-electron chi connectivity index (χ0n) is 15.9. The maximum absolute atomic E-state index is 12.4. The third-order valence-corrected chi connectivity index (χ3v) is 4.97. The number of carbonyl (C=O) groups is 2. The number of piperidine rings is 1. The van der Waals surface area contributed by atoms with Gasteiger partial charge in [-0.1, -0.05) is 30.3 Å². The molecule has 0 spiro atoms. The van der Waals surface area contributed by atoms with Crippen LogP contribution in [0.1, 0.15) is 53.1 Å². The molecule has 27 heavy (non-hydrogen) atoms. The maximum atomic E-state index is 12.4. The molecule has 2 aromatic rings. The van der Waals surface area contributed by atoms with Gasteiger partial charge >= 0.3 is 5.97 Å². The van der Waals surface area contributed by atoms with Crippen molar-refractivity contribution in [1.82, 2.24) is 15.2 Å². The lowest BCUT2D eigenvalue weighted by molar-refractivity contribution is 0.0466. The van der Waals surface area contributed by atoms with Gasteiger partial charge in [0.05, 0.1) is 5.56 Å². The summed E-state index contributed by atoms with van der Waals surface area (Å²) in [4.78, 5) is 29.9. The van der Waals surface area contributed by atoms with Crippen molar-refractivity contribution in [2.24, 2.45) is 0 Å². The van der Waals surface area contributed by atoms with Crippen LogP contribution in [0, 0.1) is 0 Å². The molecule has 1 aliphatic rings. The molecule has 1 aliphatic heterocycles. The highest BCUT2D eigenvalue weighted by Gasteiger charge is 2.23. The number of nitrogens with one attached hydrogen (secondary N) is 2. The van der Waals surface area contributed by atoms with E-state index in [1.807, 2.05) is 30.3 Å². The molecule has 0 radical (unpaired) electrons. The second kappa shape index (κ2) is 8.86.